The average Bonchev–Trinajstić information content (AvgIpc) is 3.05. The number of ether oxygens (including phenoxy) is 2. The van der Waals surface area contributed by atoms with Crippen molar-refractivity contribution in [2.24, 2.45) is 0 Å². The number of amides is 1. The Morgan fingerprint density at radius 1 is 1.10 bits per heavy atom. The van der Waals surface area contributed by atoms with Crippen molar-refractivity contribution in [3.05, 3.63) is 87.5 Å². The summed E-state index contributed by atoms with van der Waals surface area (Å²) in [5.41, 5.74) is 3.63. The van der Waals surface area contributed by atoms with Crippen LogP contribution in [0, 0.1) is 6.92 Å². The Morgan fingerprint density at radius 3 is 2.58 bits per heavy atom. The minimum Gasteiger partial charge on any atom is -0.491 e. The summed E-state index contributed by atoms with van der Waals surface area (Å²) < 4.78 is 12.7. The lowest BCUT2D eigenvalue weighted by molar-refractivity contribution is 0.0632. The van der Waals surface area contributed by atoms with E-state index in [1.807, 2.05) is 86.3 Å². The molecule has 2 heterocycles. The molecular weight excluding hydrogens is 456 g/mol. The lowest BCUT2D eigenvalue weighted by Crippen LogP contribution is -2.33. The second-order valence-electron chi connectivity index (χ2n) is 7.91. The van der Waals surface area contributed by atoms with Gasteiger partial charge < -0.3 is 14.4 Å². The molecule has 4 rings (SSSR count). The fourth-order valence-corrected chi connectivity index (χ4v) is 4.08. The zero-order chi connectivity index (χ0) is 22.0. The van der Waals surface area contributed by atoms with Gasteiger partial charge in [-0.25, -0.2) is 4.98 Å². The van der Waals surface area contributed by atoms with Gasteiger partial charge in [-0.15, -0.1) is 0 Å². The van der Waals surface area contributed by atoms with Crippen molar-refractivity contribution < 1.29 is 14.3 Å². The molecule has 0 spiro atoms. The van der Waals surface area contributed by atoms with Gasteiger partial charge in [-0.05, 0) is 62.2 Å². The maximum atomic E-state index is 13.3. The van der Waals surface area contributed by atoms with Gasteiger partial charge >= 0.3 is 0 Å². The van der Waals surface area contributed by atoms with Crippen LogP contribution in [0.3, 0.4) is 0 Å². The highest BCUT2D eigenvalue weighted by atomic mass is 79.9. The van der Waals surface area contributed by atoms with Crippen molar-refractivity contribution in [3.8, 4) is 11.6 Å². The predicted molar refractivity (Wildman–Crippen MR) is 123 cm³/mol. The Morgan fingerprint density at radius 2 is 1.87 bits per heavy atom. The molecule has 0 fully saturated rings. The molecule has 1 atom stereocenters. The lowest BCUT2D eigenvalue weighted by atomic mass is 10.1. The predicted octanol–water partition coefficient (Wildman–Crippen LogP) is 5.72. The number of carbonyl (C=O) groups is 1. The number of pyridine rings is 1. The second kappa shape index (κ2) is 9.10. The quantitative estimate of drug-likeness (QED) is 0.434. The van der Waals surface area contributed by atoms with Gasteiger partial charge in [-0.2, -0.15) is 0 Å². The molecule has 1 aromatic heterocycles. The fourth-order valence-electron chi connectivity index (χ4n) is 3.72. The molecule has 0 aliphatic carbocycles. The molecule has 1 unspecified atom stereocenters. The maximum absolute atomic E-state index is 13.3. The van der Waals surface area contributed by atoms with Crippen molar-refractivity contribution >= 4 is 21.8 Å². The molecule has 160 valence electrons. The first kappa shape index (κ1) is 21.4. The molecule has 1 aliphatic rings. The van der Waals surface area contributed by atoms with Crippen LogP contribution in [0.25, 0.3) is 0 Å². The van der Waals surface area contributed by atoms with Crippen LogP contribution in [0.15, 0.2) is 65.1 Å². The van der Waals surface area contributed by atoms with Crippen LogP contribution in [0.5, 0.6) is 11.6 Å². The summed E-state index contributed by atoms with van der Waals surface area (Å²) in [6.07, 6.45) is 0.102. The van der Waals surface area contributed by atoms with E-state index in [9.17, 15) is 4.79 Å². The number of benzene rings is 2. The van der Waals surface area contributed by atoms with Crippen molar-refractivity contribution in [2.75, 3.05) is 6.61 Å². The smallest absolute Gasteiger partial charge is 0.255 e. The summed E-state index contributed by atoms with van der Waals surface area (Å²) in [4.78, 5) is 19.5. The third-order valence-electron chi connectivity index (χ3n) is 5.17. The molecule has 3 aromatic rings. The number of carbonyl (C=O) groups excluding carboxylic acids is 1. The SMILES string of the molecule is Cc1cccc(OCC(c2ccc(OC(C)C)cc2)N2Cc3ccc(Br)cc3C2=O)n1. The van der Waals surface area contributed by atoms with Crippen LogP contribution in [0.1, 0.15) is 47.1 Å². The number of nitrogens with zero attached hydrogens (tertiary/aromatic N) is 2. The number of hydrogen-bond acceptors (Lipinski definition) is 4. The van der Waals surface area contributed by atoms with Crippen LogP contribution < -0.4 is 9.47 Å². The van der Waals surface area contributed by atoms with Gasteiger partial charge in [0.2, 0.25) is 5.88 Å². The summed E-state index contributed by atoms with van der Waals surface area (Å²) in [5.74, 6) is 1.36. The lowest BCUT2D eigenvalue weighted by Gasteiger charge is -2.28. The van der Waals surface area contributed by atoms with Gasteiger partial charge in [-0.3, -0.25) is 4.79 Å². The highest BCUT2D eigenvalue weighted by Crippen LogP contribution is 2.34. The molecule has 2 aromatic carbocycles. The Balaban J connectivity index is 1.62. The normalized spacial score (nSPS) is 14.0. The van der Waals surface area contributed by atoms with E-state index >= 15 is 0 Å². The number of aryl methyl sites for hydroxylation is 1. The van der Waals surface area contributed by atoms with Gasteiger partial charge in [0.15, 0.2) is 0 Å². The monoisotopic (exact) mass is 480 g/mol. The molecule has 6 heteroatoms. The van der Waals surface area contributed by atoms with Crippen molar-refractivity contribution in [1.82, 2.24) is 9.88 Å². The number of halogens is 1. The number of aromatic nitrogens is 1. The van der Waals surface area contributed by atoms with Crippen molar-refractivity contribution in [3.63, 3.8) is 0 Å². The van der Waals surface area contributed by atoms with Crippen molar-refractivity contribution in [2.45, 2.75) is 39.5 Å². The molecular formula is C25H25BrN2O3. The number of fused-ring (bicyclic) bond motifs is 1. The zero-order valence-corrected chi connectivity index (χ0v) is 19.4. The first-order chi connectivity index (χ1) is 14.9. The van der Waals surface area contributed by atoms with E-state index < -0.39 is 0 Å². The van der Waals surface area contributed by atoms with E-state index in [0.29, 0.717) is 19.0 Å². The molecule has 0 bridgehead atoms. The van der Waals surface area contributed by atoms with E-state index in [2.05, 4.69) is 20.9 Å². The van der Waals surface area contributed by atoms with Crippen LogP contribution in [-0.4, -0.2) is 28.5 Å². The summed E-state index contributed by atoms with van der Waals surface area (Å²) >= 11 is 3.47. The Bertz CT molecular complexity index is 1080. The molecule has 0 saturated carbocycles. The Kier molecular flexibility index (Phi) is 6.28. The second-order valence-corrected chi connectivity index (χ2v) is 8.83. The molecule has 1 amide bonds. The molecule has 31 heavy (non-hydrogen) atoms. The van der Waals surface area contributed by atoms with Gasteiger partial charge in [0.05, 0.1) is 12.1 Å². The fraction of sp³-hybridized carbons (Fsp3) is 0.280. The van der Waals surface area contributed by atoms with Gasteiger partial charge in [-0.1, -0.05) is 40.2 Å². The maximum Gasteiger partial charge on any atom is 0.255 e. The molecule has 5 nitrogen and oxygen atoms in total. The Labute approximate surface area is 191 Å². The zero-order valence-electron chi connectivity index (χ0n) is 17.8. The van der Waals surface area contributed by atoms with E-state index in [1.54, 1.807) is 0 Å². The first-order valence-electron chi connectivity index (χ1n) is 10.3. The molecule has 0 saturated heterocycles. The van der Waals surface area contributed by atoms with E-state index in [0.717, 1.165) is 32.6 Å². The number of rotatable bonds is 7. The summed E-state index contributed by atoms with van der Waals surface area (Å²) in [6.45, 7) is 6.77. The van der Waals surface area contributed by atoms with Crippen LogP contribution in [0.2, 0.25) is 0 Å². The first-order valence-corrected chi connectivity index (χ1v) is 11.1. The standard InChI is InChI=1S/C25H25BrN2O3/c1-16(2)31-21-11-8-18(9-12-21)23(15-30-24-6-4-5-17(3)27-24)28-14-19-7-10-20(26)13-22(19)25(28)29/h4-13,16,23H,14-15H2,1-3H3. The Hall–Kier alpha value is -2.86. The summed E-state index contributed by atoms with van der Waals surface area (Å²) in [5, 5.41) is 0. The highest BCUT2D eigenvalue weighted by Gasteiger charge is 2.34. The largest absolute Gasteiger partial charge is 0.491 e. The van der Waals surface area contributed by atoms with Crippen LogP contribution in [-0.2, 0) is 6.54 Å². The third kappa shape index (κ3) is 4.90. The van der Waals surface area contributed by atoms with E-state index in [-0.39, 0.29) is 18.1 Å². The highest BCUT2D eigenvalue weighted by molar-refractivity contribution is 9.10. The van der Waals surface area contributed by atoms with Gasteiger partial charge in [0, 0.05) is 28.3 Å². The van der Waals surface area contributed by atoms with Crippen molar-refractivity contribution in [1.29, 1.82) is 0 Å². The topological polar surface area (TPSA) is 51.7 Å². The van der Waals surface area contributed by atoms with Gasteiger partial charge in [0.1, 0.15) is 12.4 Å². The van der Waals surface area contributed by atoms with Crippen LogP contribution in [0.4, 0.5) is 0 Å². The molecule has 0 radical (unpaired) electrons. The van der Waals surface area contributed by atoms with Crippen LogP contribution >= 0.6 is 15.9 Å². The minimum atomic E-state index is -0.255. The molecule has 0 N–H and O–H groups in total. The minimum absolute atomic E-state index is 0.00427. The molecule has 1 aliphatic heterocycles. The van der Waals surface area contributed by atoms with E-state index in [1.165, 1.54) is 0 Å². The summed E-state index contributed by atoms with van der Waals surface area (Å²) in [7, 11) is 0. The van der Waals surface area contributed by atoms with Gasteiger partial charge in [0.25, 0.3) is 5.91 Å². The third-order valence-corrected chi connectivity index (χ3v) is 5.66. The van der Waals surface area contributed by atoms with E-state index in [4.69, 9.17) is 9.47 Å². The number of hydrogen-bond donors (Lipinski definition) is 0. The summed E-state index contributed by atoms with van der Waals surface area (Å²) in [6, 6.07) is 19.2. The average molecular weight is 481 g/mol.